The smallest absolute Gasteiger partial charge is 0.223 e. The maximum atomic E-state index is 7.19. The lowest BCUT2D eigenvalue weighted by molar-refractivity contribution is 0.878. The Balaban J connectivity index is 1.86. The minimum atomic E-state index is -0.508. The first kappa shape index (κ1) is 17.5. The number of alkyl halides is 1. The summed E-state index contributed by atoms with van der Waals surface area (Å²) in [5.74, 6) is 0.621. The van der Waals surface area contributed by atoms with Crippen LogP contribution in [0.15, 0.2) is 59.1 Å². The summed E-state index contributed by atoms with van der Waals surface area (Å²) in [6.07, 6.45) is 0. The van der Waals surface area contributed by atoms with Gasteiger partial charge in [-0.05, 0) is 33.1 Å². The van der Waals surface area contributed by atoms with Crippen LogP contribution in [0.3, 0.4) is 0 Å². The lowest BCUT2D eigenvalue weighted by Gasteiger charge is -2.07. The highest BCUT2D eigenvalue weighted by Gasteiger charge is 2.21. The highest BCUT2D eigenvalue weighted by atomic mass is 79.9. The van der Waals surface area contributed by atoms with Crippen molar-refractivity contribution < 1.29 is 0 Å². The quantitative estimate of drug-likeness (QED) is 0.359. The molecule has 2 aromatic carbocycles. The van der Waals surface area contributed by atoms with Crippen LogP contribution >= 0.6 is 27.5 Å². The summed E-state index contributed by atoms with van der Waals surface area (Å²) in [4.78, 5) is 12.5. The van der Waals surface area contributed by atoms with Gasteiger partial charge in [-0.15, -0.1) is 16.7 Å². The van der Waals surface area contributed by atoms with E-state index in [-0.39, 0.29) is 5.95 Å². The second-order valence-electron chi connectivity index (χ2n) is 5.77. The predicted octanol–water partition coefficient (Wildman–Crippen LogP) is 5.01. The number of halogens is 2. The van der Waals surface area contributed by atoms with E-state index in [2.05, 4.69) is 35.8 Å². The fraction of sp³-hybridized carbons (Fsp3) is 0.0526. The SMILES string of the molecule is [C-]#[N+]c1cccc(-c2nc(N)n3nc(C(Cl)c4ccccc4)nc3c2Br)c1. The summed E-state index contributed by atoms with van der Waals surface area (Å²) in [7, 11) is 0. The monoisotopic (exact) mass is 438 g/mol. The molecule has 2 heterocycles. The second-order valence-corrected chi connectivity index (χ2v) is 7.00. The Morgan fingerprint density at radius 3 is 2.63 bits per heavy atom. The lowest BCUT2D eigenvalue weighted by Crippen LogP contribution is -2.04. The molecule has 132 valence electrons. The average molecular weight is 440 g/mol. The van der Waals surface area contributed by atoms with Gasteiger partial charge in [-0.1, -0.05) is 48.5 Å². The fourth-order valence-electron chi connectivity index (χ4n) is 2.74. The topological polar surface area (TPSA) is 73.5 Å². The number of nitrogens with zero attached hydrogens (tertiary/aromatic N) is 5. The van der Waals surface area contributed by atoms with Crippen LogP contribution in [0.2, 0.25) is 0 Å². The zero-order valence-corrected chi connectivity index (χ0v) is 16.2. The average Bonchev–Trinajstić information content (AvgIpc) is 3.17. The number of hydrogen-bond acceptors (Lipinski definition) is 4. The summed E-state index contributed by atoms with van der Waals surface area (Å²) in [5.41, 5.74) is 9.39. The molecule has 6 nitrogen and oxygen atoms in total. The number of fused-ring (bicyclic) bond motifs is 1. The molecule has 0 spiro atoms. The van der Waals surface area contributed by atoms with E-state index in [4.69, 9.17) is 23.9 Å². The van der Waals surface area contributed by atoms with Gasteiger partial charge in [0.25, 0.3) is 0 Å². The molecule has 0 saturated carbocycles. The van der Waals surface area contributed by atoms with E-state index in [0.29, 0.717) is 27.3 Å². The molecule has 0 aliphatic heterocycles. The third kappa shape index (κ3) is 3.14. The Morgan fingerprint density at radius 1 is 1.11 bits per heavy atom. The van der Waals surface area contributed by atoms with Gasteiger partial charge < -0.3 is 5.73 Å². The van der Waals surface area contributed by atoms with Crippen LogP contribution < -0.4 is 5.73 Å². The van der Waals surface area contributed by atoms with Crippen LogP contribution in [0.25, 0.3) is 21.7 Å². The Bertz CT molecular complexity index is 1180. The van der Waals surface area contributed by atoms with Gasteiger partial charge in [-0.3, -0.25) is 0 Å². The highest BCUT2D eigenvalue weighted by Crippen LogP contribution is 2.34. The highest BCUT2D eigenvalue weighted by molar-refractivity contribution is 9.10. The summed E-state index contributed by atoms with van der Waals surface area (Å²) >= 11 is 10.1. The van der Waals surface area contributed by atoms with Crippen LogP contribution in [0, 0.1) is 6.57 Å². The summed E-state index contributed by atoms with van der Waals surface area (Å²) in [5, 5.41) is 3.92. The molecule has 4 aromatic rings. The Morgan fingerprint density at radius 2 is 1.89 bits per heavy atom. The molecule has 1 atom stereocenters. The molecule has 2 N–H and O–H groups in total. The first-order valence-electron chi connectivity index (χ1n) is 7.97. The number of nitrogens with two attached hydrogens (primary N) is 1. The first-order valence-corrected chi connectivity index (χ1v) is 9.20. The standard InChI is InChI=1S/C19H12BrClN6/c1-23-13-9-5-8-12(10-13)16-14(20)18-25-17(26-27(18)19(22)24-16)15(21)11-6-3-2-4-7-11/h2-10,15H,(H2,22,24). The molecular formula is C19H12BrClN6. The molecule has 4 rings (SSSR count). The maximum Gasteiger partial charge on any atom is 0.223 e. The Kier molecular flexibility index (Phi) is 4.52. The van der Waals surface area contributed by atoms with Crippen molar-refractivity contribution in [1.29, 1.82) is 0 Å². The first-order chi connectivity index (χ1) is 13.1. The minimum Gasteiger partial charge on any atom is -0.368 e. The van der Waals surface area contributed by atoms with Crippen molar-refractivity contribution in [3.8, 4) is 11.3 Å². The number of rotatable bonds is 3. The third-order valence-corrected chi connectivity index (χ3v) is 5.22. The number of benzene rings is 2. The van der Waals surface area contributed by atoms with E-state index < -0.39 is 5.38 Å². The van der Waals surface area contributed by atoms with Crippen LogP contribution in [-0.4, -0.2) is 19.6 Å². The van der Waals surface area contributed by atoms with E-state index in [1.807, 2.05) is 36.4 Å². The summed E-state index contributed by atoms with van der Waals surface area (Å²) in [6.45, 7) is 7.19. The second kappa shape index (κ2) is 6.99. The van der Waals surface area contributed by atoms with Crippen molar-refractivity contribution in [2.45, 2.75) is 5.38 Å². The largest absolute Gasteiger partial charge is 0.368 e. The van der Waals surface area contributed by atoms with E-state index >= 15 is 0 Å². The van der Waals surface area contributed by atoms with Crippen molar-refractivity contribution in [3.63, 3.8) is 0 Å². The van der Waals surface area contributed by atoms with Crippen molar-refractivity contribution in [2.75, 3.05) is 5.73 Å². The number of anilines is 1. The molecule has 0 bridgehead atoms. The van der Waals surface area contributed by atoms with Gasteiger partial charge in [0.2, 0.25) is 5.95 Å². The van der Waals surface area contributed by atoms with Gasteiger partial charge >= 0.3 is 0 Å². The maximum absolute atomic E-state index is 7.19. The molecule has 8 heteroatoms. The van der Waals surface area contributed by atoms with Crippen molar-refractivity contribution in [2.24, 2.45) is 0 Å². The lowest BCUT2D eigenvalue weighted by atomic mass is 10.1. The van der Waals surface area contributed by atoms with Crippen molar-refractivity contribution >= 4 is 44.8 Å². The Hall–Kier alpha value is -2.95. The molecule has 1 unspecified atom stereocenters. The van der Waals surface area contributed by atoms with E-state index in [0.717, 1.165) is 11.1 Å². The van der Waals surface area contributed by atoms with Crippen LogP contribution in [0.5, 0.6) is 0 Å². The Labute approximate surface area is 168 Å². The molecule has 0 fully saturated rings. The van der Waals surface area contributed by atoms with Crippen LogP contribution in [0.1, 0.15) is 16.8 Å². The minimum absolute atomic E-state index is 0.187. The number of hydrogen-bond donors (Lipinski definition) is 1. The molecule has 27 heavy (non-hydrogen) atoms. The van der Waals surface area contributed by atoms with Gasteiger partial charge in [-0.2, -0.15) is 4.52 Å². The van der Waals surface area contributed by atoms with Crippen LogP contribution in [0.4, 0.5) is 11.6 Å². The molecule has 0 saturated heterocycles. The van der Waals surface area contributed by atoms with E-state index in [1.165, 1.54) is 4.52 Å². The molecule has 2 aromatic heterocycles. The normalized spacial score (nSPS) is 12.0. The predicted molar refractivity (Wildman–Crippen MR) is 109 cm³/mol. The van der Waals surface area contributed by atoms with Crippen molar-refractivity contribution in [1.82, 2.24) is 19.6 Å². The molecule has 0 aliphatic rings. The molecular weight excluding hydrogens is 428 g/mol. The van der Waals surface area contributed by atoms with Gasteiger partial charge in [0.15, 0.2) is 17.2 Å². The van der Waals surface area contributed by atoms with Gasteiger partial charge in [0.1, 0.15) is 5.38 Å². The zero-order valence-electron chi connectivity index (χ0n) is 13.8. The van der Waals surface area contributed by atoms with E-state index in [9.17, 15) is 0 Å². The van der Waals surface area contributed by atoms with Gasteiger partial charge in [0.05, 0.1) is 16.7 Å². The number of nitrogen functional groups attached to an aromatic ring is 1. The van der Waals surface area contributed by atoms with Gasteiger partial charge in [0, 0.05) is 0 Å². The third-order valence-electron chi connectivity index (χ3n) is 4.04. The molecule has 0 amide bonds. The number of aromatic nitrogens is 4. The summed E-state index contributed by atoms with van der Waals surface area (Å²) in [6, 6.07) is 16.7. The van der Waals surface area contributed by atoms with E-state index in [1.54, 1.807) is 18.2 Å². The fourth-order valence-corrected chi connectivity index (χ4v) is 3.55. The van der Waals surface area contributed by atoms with Crippen LogP contribution in [-0.2, 0) is 0 Å². The van der Waals surface area contributed by atoms with Gasteiger partial charge in [-0.25, -0.2) is 14.8 Å². The molecule has 0 radical (unpaired) electrons. The zero-order chi connectivity index (χ0) is 19.0. The molecule has 0 aliphatic carbocycles. The van der Waals surface area contributed by atoms with Crippen molar-refractivity contribution in [3.05, 3.63) is 81.9 Å². The summed E-state index contributed by atoms with van der Waals surface area (Å²) < 4.78 is 2.09.